The van der Waals surface area contributed by atoms with Crippen LogP contribution in [0.25, 0.3) is 0 Å². The maximum absolute atomic E-state index is 13.8. The van der Waals surface area contributed by atoms with E-state index in [1.54, 1.807) is 18.2 Å². The first-order valence-electron chi connectivity index (χ1n) is 6.86. The molecule has 1 aliphatic heterocycles. The second kappa shape index (κ2) is 5.57. The van der Waals surface area contributed by atoms with E-state index in [4.69, 9.17) is 0 Å². The first-order chi connectivity index (χ1) is 11.3. The zero-order valence-corrected chi connectivity index (χ0v) is 12.0. The van der Waals surface area contributed by atoms with Gasteiger partial charge in [-0.05, 0) is 30.3 Å². The Bertz CT molecular complexity index is 852. The van der Waals surface area contributed by atoms with E-state index in [-0.39, 0.29) is 5.69 Å². The van der Waals surface area contributed by atoms with Crippen LogP contribution in [-0.4, -0.2) is 12.2 Å². The molecule has 0 spiro atoms. The second-order valence-corrected chi connectivity index (χ2v) is 5.13. The normalized spacial score (nSPS) is 19.4. The summed E-state index contributed by atoms with van der Waals surface area (Å²) in [6.45, 7) is 0. The SMILES string of the molecule is O=C1Nc2ccc(F)cc2C(C#Cc2ccccc2)(C(F)(F)F)N1. The number of halogens is 4. The molecule has 2 aromatic rings. The van der Waals surface area contributed by atoms with Crippen molar-refractivity contribution < 1.29 is 22.4 Å². The predicted molar refractivity (Wildman–Crippen MR) is 79.6 cm³/mol. The van der Waals surface area contributed by atoms with Gasteiger partial charge in [-0.3, -0.25) is 0 Å². The number of urea groups is 1. The fraction of sp³-hybridized carbons (Fsp3) is 0.118. The molecule has 2 amide bonds. The first kappa shape index (κ1) is 15.9. The van der Waals surface area contributed by atoms with Crippen LogP contribution in [-0.2, 0) is 5.54 Å². The van der Waals surface area contributed by atoms with E-state index >= 15 is 0 Å². The highest BCUT2D eigenvalue weighted by molar-refractivity contribution is 5.94. The van der Waals surface area contributed by atoms with Crippen LogP contribution in [0.3, 0.4) is 0 Å². The zero-order valence-electron chi connectivity index (χ0n) is 12.0. The molecule has 0 aliphatic carbocycles. The van der Waals surface area contributed by atoms with Gasteiger partial charge in [0.1, 0.15) is 5.82 Å². The maximum Gasteiger partial charge on any atom is 0.427 e. The van der Waals surface area contributed by atoms with Crippen LogP contribution in [0.4, 0.5) is 28.0 Å². The molecule has 0 radical (unpaired) electrons. The Morgan fingerprint density at radius 3 is 2.42 bits per heavy atom. The van der Waals surface area contributed by atoms with Crippen LogP contribution >= 0.6 is 0 Å². The van der Waals surface area contributed by atoms with Crippen molar-refractivity contribution in [2.75, 3.05) is 5.32 Å². The average molecular weight is 334 g/mol. The van der Waals surface area contributed by atoms with Gasteiger partial charge in [0.15, 0.2) is 0 Å². The van der Waals surface area contributed by atoms with E-state index in [1.165, 1.54) is 12.1 Å². The highest BCUT2D eigenvalue weighted by Gasteiger charge is 2.59. The third kappa shape index (κ3) is 2.67. The van der Waals surface area contributed by atoms with Gasteiger partial charge in [-0.15, -0.1) is 0 Å². The summed E-state index contributed by atoms with van der Waals surface area (Å²) < 4.78 is 55.0. The molecule has 2 aromatic carbocycles. The molecule has 0 saturated carbocycles. The topological polar surface area (TPSA) is 41.1 Å². The Morgan fingerprint density at radius 2 is 1.75 bits per heavy atom. The fourth-order valence-corrected chi connectivity index (χ4v) is 2.41. The first-order valence-corrected chi connectivity index (χ1v) is 6.86. The number of anilines is 1. The molecule has 0 bridgehead atoms. The van der Waals surface area contributed by atoms with Gasteiger partial charge >= 0.3 is 12.2 Å². The minimum Gasteiger partial charge on any atom is -0.310 e. The lowest BCUT2D eigenvalue weighted by Crippen LogP contribution is -2.59. The maximum atomic E-state index is 13.8. The largest absolute Gasteiger partial charge is 0.427 e. The molecule has 7 heteroatoms. The summed E-state index contributed by atoms with van der Waals surface area (Å²) in [6, 6.07) is 9.71. The Morgan fingerprint density at radius 1 is 1.04 bits per heavy atom. The lowest BCUT2D eigenvalue weighted by Gasteiger charge is -2.37. The summed E-state index contributed by atoms with van der Waals surface area (Å²) in [5.41, 5.74) is -3.28. The molecule has 1 heterocycles. The number of nitrogens with one attached hydrogen (secondary N) is 2. The van der Waals surface area contributed by atoms with Crippen LogP contribution in [0, 0.1) is 17.7 Å². The van der Waals surface area contributed by atoms with Crippen LogP contribution in [0.2, 0.25) is 0 Å². The summed E-state index contributed by atoms with van der Waals surface area (Å²) >= 11 is 0. The highest BCUT2D eigenvalue weighted by atomic mass is 19.4. The number of rotatable bonds is 0. The lowest BCUT2D eigenvalue weighted by molar-refractivity contribution is -0.178. The minimum absolute atomic E-state index is 0.139. The molecular formula is C17H10F4N2O. The standard InChI is InChI=1S/C17H10F4N2O/c18-12-6-7-14-13(10-12)16(17(19,20)21,23-15(24)22-14)9-8-11-4-2-1-3-5-11/h1-7,10H,(H2,22,23,24). The molecule has 0 saturated heterocycles. The Balaban J connectivity index is 2.23. The van der Waals surface area contributed by atoms with Crippen molar-refractivity contribution in [3.8, 4) is 11.8 Å². The minimum atomic E-state index is -4.95. The molecule has 3 nitrogen and oxygen atoms in total. The third-order valence-electron chi connectivity index (χ3n) is 3.53. The van der Waals surface area contributed by atoms with E-state index in [0.29, 0.717) is 5.56 Å². The van der Waals surface area contributed by atoms with Crippen molar-refractivity contribution in [1.29, 1.82) is 0 Å². The lowest BCUT2D eigenvalue weighted by atomic mass is 9.86. The van der Waals surface area contributed by atoms with E-state index in [0.717, 1.165) is 18.2 Å². The average Bonchev–Trinajstić information content (AvgIpc) is 2.53. The van der Waals surface area contributed by atoms with Gasteiger partial charge in [-0.1, -0.05) is 30.0 Å². The van der Waals surface area contributed by atoms with E-state index in [9.17, 15) is 22.4 Å². The van der Waals surface area contributed by atoms with Crippen LogP contribution < -0.4 is 10.6 Å². The molecule has 1 aliphatic rings. The molecule has 1 unspecified atom stereocenters. The van der Waals surface area contributed by atoms with Gasteiger partial charge in [0.2, 0.25) is 5.54 Å². The summed E-state index contributed by atoms with van der Waals surface area (Å²) in [5, 5.41) is 4.04. The van der Waals surface area contributed by atoms with Crippen molar-refractivity contribution >= 4 is 11.7 Å². The number of hydrogen-bond acceptors (Lipinski definition) is 1. The summed E-state index contributed by atoms with van der Waals surface area (Å²) in [6.07, 6.45) is -4.95. The zero-order chi connectivity index (χ0) is 17.4. The van der Waals surface area contributed by atoms with Crippen molar-refractivity contribution in [2.45, 2.75) is 11.7 Å². The summed E-state index contributed by atoms with van der Waals surface area (Å²) in [4.78, 5) is 11.7. The molecule has 0 fully saturated rings. The van der Waals surface area contributed by atoms with Gasteiger partial charge in [0.05, 0.1) is 0 Å². The second-order valence-electron chi connectivity index (χ2n) is 5.13. The van der Waals surface area contributed by atoms with E-state index < -0.39 is 29.1 Å². The molecule has 3 rings (SSSR count). The Labute approximate surface area is 134 Å². The number of fused-ring (bicyclic) bond motifs is 1. The van der Waals surface area contributed by atoms with Gasteiger partial charge < -0.3 is 10.6 Å². The summed E-state index contributed by atoms with van der Waals surface area (Å²) in [7, 11) is 0. The predicted octanol–water partition coefficient (Wildman–Crippen LogP) is 3.77. The fourth-order valence-electron chi connectivity index (χ4n) is 2.41. The highest BCUT2D eigenvalue weighted by Crippen LogP contribution is 2.44. The molecule has 122 valence electrons. The Hall–Kier alpha value is -3.01. The number of carbonyl (C=O) groups is 1. The quantitative estimate of drug-likeness (QED) is 0.559. The number of benzene rings is 2. The van der Waals surface area contributed by atoms with Crippen molar-refractivity contribution in [1.82, 2.24) is 5.32 Å². The van der Waals surface area contributed by atoms with Crippen molar-refractivity contribution in [2.24, 2.45) is 0 Å². The van der Waals surface area contributed by atoms with E-state index in [2.05, 4.69) is 17.2 Å². The molecular weight excluding hydrogens is 324 g/mol. The van der Waals surface area contributed by atoms with Gasteiger partial charge in [0.25, 0.3) is 0 Å². The van der Waals surface area contributed by atoms with Crippen LogP contribution in [0.1, 0.15) is 11.1 Å². The number of alkyl halides is 3. The van der Waals surface area contributed by atoms with Crippen LogP contribution in [0.5, 0.6) is 0 Å². The molecule has 2 N–H and O–H groups in total. The molecule has 24 heavy (non-hydrogen) atoms. The van der Waals surface area contributed by atoms with Crippen molar-refractivity contribution in [3.63, 3.8) is 0 Å². The van der Waals surface area contributed by atoms with Crippen molar-refractivity contribution in [3.05, 3.63) is 65.5 Å². The Kier molecular flexibility index (Phi) is 3.68. The van der Waals surface area contributed by atoms with Gasteiger partial charge in [-0.25, -0.2) is 9.18 Å². The van der Waals surface area contributed by atoms with Gasteiger partial charge in [0, 0.05) is 16.8 Å². The van der Waals surface area contributed by atoms with Gasteiger partial charge in [-0.2, -0.15) is 13.2 Å². The number of hydrogen-bond donors (Lipinski definition) is 2. The monoisotopic (exact) mass is 334 g/mol. The number of amides is 2. The smallest absolute Gasteiger partial charge is 0.310 e. The van der Waals surface area contributed by atoms with Crippen LogP contribution in [0.15, 0.2) is 48.5 Å². The summed E-state index contributed by atoms with van der Waals surface area (Å²) in [5.74, 6) is 3.64. The molecule has 1 atom stereocenters. The third-order valence-corrected chi connectivity index (χ3v) is 3.53. The molecule has 0 aromatic heterocycles. The van der Waals surface area contributed by atoms with E-state index in [1.807, 2.05) is 5.32 Å². The number of carbonyl (C=O) groups excluding carboxylic acids is 1.